The second-order valence-corrected chi connectivity index (χ2v) is 12.1. The van der Waals surface area contributed by atoms with E-state index >= 15 is 0 Å². The minimum atomic E-state index is -0.00817. The normalized spacial score (nSPS) is 28.1. The molecule has 5 heteroatoms. The monoisotopic (exact) mass is 457 g/mol. The van der Waals surface area contributed by atoms with E-state index < -0.39 is 0 Å². The predicted octanol–water partition coefficient (Wildman–Crippen LogP) is 5.51. The smallest absolute Gasteiger partial charge is 0.310 e. The Morgan fingerprint density at radius 1 is 1.06 bits per heavy atom. The molecule has 33 heavy (non-hydrogen) atoms. The third-order valence-electron chi connectivity index (χ3n) is 9.25. The molecule has 1 aromatic rings. The van der Waals surface area contributed by atoms with Crippen molar-refractivity contribution >= 4 is 5.97 Å². The molecular weight excluding hydrogens is 414 g/mol. The van der Waals surface area contributed by atoms with Gasteiger partial charge in [-0.15, -0.1) is 0 Å². The SMILES string of the molecule is COc1cc2c(cc1OC)[C@H]1C[C@@H](COC(=O)C3C(C)(C)C3(C)C)[C@H](CC(C)C)CN1CC2. The van der Waals surface area contributed by atoms with E-state index in [4.69, 9.17) is 14.2 Å². The number of carbonyl (C=O) groups is 1. The van der Waals surface area contributed by atoms with Crippen LogP contribution in [0.25, 0.3) is 0 Å². The van der Waals surface area contributed by atoms with E-state index in [-0.39, 0.29) is 22.7 Å². The van der Waals surface area contributed by atoms with Gasteiger partial charge in [0, 0.05) is 19.1 Å². The van der Waals surface area contributed by atoms with E-state index in [1.54, 1.807) is 14.2 Å². The number of piperidine rings is 1. The van der Waals surface area contributed by atoms with Crippen LogP contribution in [0.15, 0.2) is 12.1 Å². The number of hydrogen-bond donors (Lipinski definition) is 0. The standard InChI is InChI=1S/C28H43NO4/c1-17(2)11-19-15-29-10-9-18-13-23(31-7)24(32-8)14-21(18)22(29)12-20(19)16-33-26(30)25-27(3,4)28(25,5)6/h13-14,17,19-20,22,25H,9-12,15-16H2,1-8H3/t19-,20+,22-/m1/s1. The average molecular weight is 458 g/mol. The van der Waals surface area contributed by atoms with Crippen LogP contribution in [0.1, 0.15) is 71.6 Å². The highest BCUT2D eigenvalue weighted by Crippen LogP contribution is 2.68. The van der Waals surface area contributed by atoms with Crippen LogP contribution in [0.3, 0.4) is 0 Å². The van der Waals surface area contributed by atoms with Gasteiger partial charge in [0.1, 0.15) is 0 Å². The molecule has 0 amide bonds. The van der Waals surface area contributed by atoms with E-state index in [0.29, 0.717) is 30.4 Å². The third kappa shape index (κ3) is 4.26. The van der Waals surface area contributed by atoms with Gasteiger partial charge in [-0.2, -0.15) is 0 Å². The van der Waals surface area contributed by atoms with Gasteiger partial charge in [-0.3, -0.25) is 9.69 Å². The molecule has 1 aromatic carbocycles. The van der Waals surface area contributed by atoms with Crippen molar-refractivity contribution in [2.45, 2.75) is 66.8 Å². The lowest BCUT2D eigenvalue weighted by Gasteiger charge is -2.47. The lowest BCUT2D eigenvalue weighted by molar-refractivity contribution is -0.150. The zero-order valence-corrected chi connectivity index (χ0v) is 21.9. The Kier molecular flexibility index (Phi) is 6.50. The van der Waals surface area contributed by atoms with Gasteiger partial charge in [-0.1, -0.05) is 41.5 Å². The van der Waals surface area contributed by atoms with Crippen molar-refractivity contribution in [1.82, 2.24) is 4.90 Å². The summed E-state index contributed by atoms with van der Waals surface area (Å²) in [6, 6.07) is 4.67. The summed E-state index contributed by atoms with van der Waals surface area (Å²) in [4.78, 5) is 15.6. The summed E-state index contributed by atoms with van der Waals surface area (Å²) < 4.78 is 17.2. The lowest BCUT2D eigenvalue weighted by Crippen LogP contribution is -2.47. The van der Waals surface area contributed by atoms with Gasteiger partial charge in [-0.05, 0) is 71.1 Å². The zero-order valence-electron chi connectivity index (χ0n) is 21.9. The van der Waals surface area contributed by atoms with Gasteiger partial charge >= 0.3 is 5.97 Å². The molecule has 1 aliphatic carbocycles. The number of fused-ring (bicyclic) bond motifs is 3. The maximum absolute atomic E-state index is 13.0. The number of methoxy groups -OCH3 is 2. The van der Waals surface area contributed by atoms with Crippen molar-refractivity contribution in [3.8, 4) is 11.5 Å². The fraction of sp³-hybridized carbons (Fsp3) is 0.750. The highest BCUT2D eigenvalue weighted by molar-refractivity contribution is 5.78. The second-order valence-electron chi connectivity index (χ2n) is 12.1. The first kappa shape index (κ1) is 24.4. The second kappa shape index (κ2) is 8.79. The predicted molar refractivity (Wildman–Crippen MR) is 131 cm³/mol. The fourth-order valence-electron chi connectivity index (χ4n) is 6.64. The lowest BCUT2D eigenvalue weighted by atomic mass is 9.74. The van der Waals surface area contributed by atoms with Crippen LogP contribution in [-0.4, -0.2) is 44.8 Å². The number of rotatable bonds is 7. The molecule has 3 atom stereocenters. The Morgan fingerprint density at radius 2 is 1.70 bits per heavy atom. The Balaban J connectivity index is 1.53. The van der Waals surface area contributed by atoms with Gasteiger partial charge < -0.3 is 14.2 Å². The van der Waals surface area contributed by atoms with Gasteiger partial charge in [0.05, 0.1) is 26.7 Å². The number of nitrogens with zero attached hydrogens (tertiary/aromatic N) is 1. The average Bonchev–Trinajstić information content (AvgIpc) is 3.18. The van der Waals surface area contributed by atoms with Crippen molar-refractivity contribution in [3.63, 3.8) is 0 Å². The summed E-state index contributed by atoms with van der Waals surface area (Å²) in [5.74, 6) is 3.15. The van der Waals surface area contributed by atoms with E-state index in [1.807, 2.05) is 0 Å². The highest BCUT2D eigenvalue weighted by atomic mass is 16.5. The van der Waals surface area contributed by atoms with Crippen LogP contribution in [-0.2, 0) is 16.0 Å². The highest BCUT2D eigenvalue weighted by Gasteiger charge is 2.69. The van der Waals surface area contributed by atoms with Crippen molar-refractivity contribution in [1.29, 1.82) is 0 Å². The minimum absolute atomic E-state index is 0.000713. The first-order valence-corrected chi connectivity index (χ1v) is 12.7. The van der Waals surface area contributed by atoms with Crippen molar-refractivity contribution < 1.29 is 19.0 Å². The summed E-state index contributed by atoms with van der Waals surface area (Å²) in [7, 11) is 3.40. The van der Waals surface area contributed by atoms with Crippen LogP contribution in [0, 0.1) is 34.5 Å². The van der Waals surface area contributed by atoms with Crippen molar-refractivity contribution in [2.24, 2.45) is 34.5 Å². The molecule has 0 unspecified atom stereocenters. The summed E-state index contributed by atoms with van der Waals surface area (Å²) in [6.07, 6.45) is 3.22. The fourth-order valence-corrected chi connectivity index (χ4v) is 6.64. The number of carbonyl (C=O) groups excluding carboxylic acids is 1. The molecule has 2 heterocycles. The van der Waals surface area contributed by atoms with Gasteiger partial charge in [-0.25, -0.2) is 0 Å². The maximum Gasteiger partial charge on any atom is 0.310 e. The Labute approximate surface area is 200 Å². The van der Waals surface area contributed by atoms with Crippen LogP contribution in [0.5, 0.6) is 11.5 Å². The molecule has 4 rings (SSSR count). The van der Waals surface area contributed by atoms with Gasteiger partial charge in [0.15, 0.2) is 11.5 Å². The third-order valence-corrected chi connectivity index (χ3v) is 9.25. The largest absolute Gasteiger partial charge is 0.493 e. The molecule has 2 aliphatic heterocycles. The van der Waals surface area contributed by atoms with Gasteiger partial charge in [0.25, 0.3) is 0 Å². The van der Waals surface area contributed by atoms with E-state index in [0.717, 1.165) is 37.4 Å². The van der Waals surface area contributed by atoms with Crippen LogP contribution >= 0.6 is 0 Å². The molecule has 3 aliphatic rings. The topological polar surface area (TPSA) is 48.0 Å². The summed E-state index contributed by atoms with van der Waals surface area (Å²) in [6.45, 7) is 16.0. The molecule has 1 saturated carbocycles. The molecule has 0 bridgehead atoms. The number of ether oxygens (including phenoxy) is 3. The molecule has 2 fully saturated rings. The molecule has 5 nitrogen and oxygen atoms in total. The number of benzene rings is 1. The van der Waals surface area contributed by atoms with E-state index in [9.17, 15) is 4.79 Å². The van der Waals surface area contributed by atoms with Gasteiger partial charge in [0.2, 0.25) is 0 Å². The molecular formula is C28H43NO4. The van der Waals surface area contributed by atoms with Crippen LogP contribution in [0.4, 0.5) is 0 Å². The maximum atomic E-state index is 13.0. The first-order chi connectivity index (χ1) is 15.5. The molecule has 0 N–H and O–H groups in total. The van der Waals surface area contributed by atoms with Crippen LogP contribution in [0.2, 0.25) is 0 Å². The van der Waals surface area contributed by atoms with E-state index in [2.05, 4.69) is 58.6 Å². The molecule has 0 spiro atoms. The molecule has 184 valence electrons. The Bertz CT molecular complexity index is 876. The van der Waals surface area contributed by atoms with E-state index in [1.165, 1.54) is 17.5 Å². The summed E-state index contributed by atoms with van der Waals surface area (Å²) in [5, 5.41) is 0. The first-order valence-electron chi connectivity index (χ1n) is 12.7. The minimum Gasteiger partial charge on any atom is -0.493 e. The zero-order chi connectivity index (χ0) is 24.1. The number of esters is 1. The molecule has 1 saturated heterocycles. The summed E-state index contributed by atoms with van der Waals surface area (Å²) >= 11 is 0. The Morgan fingerprint density at radius 3 is 2.27 bits per heavy atom. The van der Waals surface area contributed by atoms with Crippen LogP contribution < -0.4 is 9.47 Å². The molecule has 0 radical (unpaired) electrons. The summed E-state index contributed by atoms with van der Waals surface area (Å²) in [5.41, 5.74) is 2.74. The molecule has 0 aromatic heterocycles. The Hall–Kier alpha value is -1.75. The van der Waals surface area contributed by atoms with Crippen molar-refractivity contribution in [2.75, 3.05) is 33.9 Å². The number of hydrogen-bond acceptors (Lipinski definition) is 5. The van der Waals surface area contributed by atoms with Crippen molar-refractivity contribution in [3.05, 3.63) is 23.3 Å². The quantitative estimate of drug-likeness (QED) is 0.505.